The van der Waals surface area contributed by atoms with Crippen molar-refractivity contribution in [3.63, 3.8) is 0 Å². The second-order valence-corrected chi connectivity index (χ2v) is 6.47. The zero-order valence-electron chi connectivity index (χ0n) is 13.4. The van der Waals surface area contributed by atoms with Crippen LogP contribution in [0, 0.1) is 5.82 Å². The zero-order valence-corrected chi connectivity index (χ0v) is 15.0. The molecule has 1 atom stereocenters. The molecule has 0 amide bonds. The lowest BCUT2D eigenvalue weighted by Crippen LogP contribution is -2.26. The Labute approximate surface area is 153 Å². The van der Waals surface area contributed by atoms with E-state index in [-0.39, 0.29) is 24.2 Å². The van der Waals surface area contributed by atoms with Crippen LogP contribution in [0.2, 0.25) is 0 Å². The van der Waals surface area contributed by atoms with Crippen molar-refractivity contribution in [1.29, 1.82) is 0 Å². The van der Waals surface area contributed by atoms with E-state index in [0.717, 1.165) is 19.3 Å². The van der Waals surface area contributed by atoms with Gasteiger partial charge < -0.3 is 14.2 Å². The van der Waals surface area contributed by atoms with Crippen molar-refractivity contribution in [3.8, 4) is 11.6 Å². The molecule has 132 valence electrons. The van der Waals surface area contributed by atoms with Crippen LogP contribution >= 0.6 is 15.9 Å². The van der Waals surface area contributed by atoms with E-state index in [1.165, 1.54) is 24.4 Å². The lowest BCUT2D eigenvalue weighted by Gasteiger charge is -2.22. The summed E-state index contributed by atoms with van der Waals surface area (Å²) < 4.78 is 30.2. The van der Waals surface area contributed by atoms with Crippen LogP contribution in [0.3, 0.4) is 0 Å². The van der Waals surface area contributed by atoms with Gasteiger partial charge in [-0.1, -0.05) is 0 Å². The number of halogens is 2. The molecule has 1 aliphatic rings. The van der Waals surface area contributed by atoms with E-state index in [9.17, 15) is 9.18 Å². The highest BCUT2D eigenvalue weighted by Gasteiger charge is 2.20. The minimum Gasteiger partial charge on any atom is -0.459 e. The average Bonchev–Trinajstić information content (AvgIpc) is 2.63. The molecule has 5 nitrogen and oxygen atoms in total. The SMILES string of the molecule is O=C(OC[C@@H]1CCCCO1)c1cccnc1Oc1ccc(F)cc1Br. The normalized spacial score (nSPS) is 17.1. The van der Waals surface area contributed by atoms with Crippen molar-refractivity contribution in [2.75, 3.05) is 13.2 Å². The fourth-order valence-corrected chi connectivity index (χ4v) is 2.91. The van der Waals surface area contributed by atoms with E-state index in [0.29, 0.717) is 16.8 Å². The van der Waals surface area contributed by atoms with Gasteiger partial charge in [-0.15, -0.1) is 0 Å². The first kappa shape index (κ1) is 17.8. The largest absolute Gasteiger partial charge is 0.459 e. The third-order valence-corrected chi connectivity index (χ3v) is 4.39. The number of hydrogen-bond acceptors (Lipinski definition) is 5. The number of hydrogen-bond donors (Lipinski definition) is 0. The molecule has 0 bridgehead atoms. The molecule has 2 aromatic rings. The molecule has 1 fully saturated rings. The fourth-order valence-electron chi connectivity index (χ4n) is 2.47. The van der Waals surface area contributed by atoms with Gasteiger partial charge in [0.05, 0.1) is 10.6 Å². The molecule has 7 heteroatoms. The Balaban J connectivity index is 1.70. The Morgan fingerprint density at radius 2 is 2.24 bits per heavy atom. The minimum absolute atomic E-state index is 0.0648. The number of ether oxygens (including phenoxy) is 3. The Hall–Kier alpha value is -1.99. The van der Waals surface area contributed by atoms with Gasteiger partial charge in [-0.05, 0) is 65.5 Å². The van der Waals surface area contributed by atoms with Crippen molar-refractivity contribution in [2.24, 2.45) is 0 Å². The molecule has 2 heterocycles. The first-order valence-electron chi connectivity index (χ1n) is 8.00. The van der Waals surface area contributed by atoms with Gasteiger partial charge in [0.1, 0.15) is 23.7 Å². The van der Waals surface area contributed by atoms with Gasteiger partial charge in [0.2, 0.25) is 5.88 Å². The topological polar surface area (TPSA) is 57.7 Å². The van der Waals surface area contributed by atoms with E-state index < -0.39 is 11.8 Å². The van der Waals surface area contributed by atoms with Gasteiger partial charge in [-0.3, -0.25) is 0 Å². The van der Waals surface area contributed by atoms with E-state index in [1.54, 1.807) is 12.1 Å². The van der Waals surface area contributed by atoms with Crippen molar-refractivity contribution in [3.05, 3.63) is 52.4 Å². The molecule has 1 aliphatic heterocycles. The van der Waals surface area contributed by atoms with E-state index in [4.69, 9.17) is 14.2 Å². The van der Waals surface area contributed by atoms with Crippen molar-refractivity contribution in [1.82, 2.24) is 4.98 Å². The molecule has 25 heavy (non-hydrogen) atoms. The second-order valence-electron chi connectivity index (χ2n) is 5.62. The van der Waals surface area contributed by atoms with Gasteiger partial charge >= 0.3 is 5.97 Å². The summed E-state index contributed by atoms with van der Waals surface area (Å²) in [5, 5.41) is 0. The molecule has 0 saturated carbocycles. The molecule has 0 unspecified atom stereocenters. The quantitative estimate of drug-likeness (QED) is 0.680. The Bertz CT molecular complexity index is 750. The molecule has 3 rings (SSSR count). The third kappa shape index (κ3) is 4.76. The van der Waals surface area contributed by atoms with Gasteiger partial charge in [0.25, 0.3) is 0 Å². The number of carbonyl (C=O) groups is 1. The molecule has 1 aromatic carbocycles. The Morgan fingerprint density at radius 3 is 3.00 bits per heavy atom. The summed E-state index contributed by atoms with van der Waals surface area (Å²) in [6.45, 7) is 0.898. The lowest BCUT2D eigenvalue weighted by atomic mass is 10.1. The van der Waals surface area contributed by atoms with Crippen LogP contribution in [-0.2, 0) is 9.47 Å². The molecule has 1 aromatic heterocycles. The number of benzene rings is 1. The van der Waals surface area contributed by atoms with Crippen LogP contribution in [0.4, 0.5) is 4.39 Å². The first-order valence-corrected chi connectivity index (χ1v) is 8.79. The molecule has 0 radical (unpaired) electrons. The van der Waals surface area contributed by atoms with Gasteiger partial charge in [0, 0.05) is 12.8 Å². The maximum absolute atomic E-state index is 13.2. The van der Waals surface area contributed by atoms with Gasteiger partial charge in [0.15, 0.2) is 0 Å². The highest BCUT2D eigenvalue weighted by Crippen LogP contribution is 2.31. The summed E-state index contributed by atoms with van der Waals surface area (Å²) in [6, 6.07) is 7.20. The maximum Gasteiger partial charge on any atom is 0.343 e. The van der Waals surface area contributed by atoms with Gasteiger partial charge in [-0.2, -0.15) is 0 Å². The molecule has 1 saturated heterocycles. The molecule has 0 aliphatic carbocycles. The van der Waals surface area contributed by atoms with Crippen LogP contribution in [0.5, 0.6) is 11.6 Å². The molecule has 0 spiro atoms. The van der Waals surface area contributed by atoms with Crippen LogP contribution in [0.1, 0.15) is 29.6 Å². The Morgan fingerprint density at radius 1 is 1.36 bits per heavy atom. The Kier molecular flexibility index (Phi) is 5.99. The van der Waals surface area contributed by atoms with Crippen molar-refractivity contribution >= 4 is 21.9 Å². The lowest BCUT2D eigenvalue weighted by molar-refractivity contribution is -0.0301. The van der Waals surface area contributed by atoms with E-state index in [1.807, 2.05) is 0 Å². The predicted molar refractivity (Wildman–Crippen MR) is 92.3 cm³/mol. The molecule has 0 N–H and O–H groups in total. The number of pyridine rings is 1. The molecular weight excluding hydrogens is 393 g/mol. The first-order chi connectivity index (χ1) is 12.1. The van der Waals surface area contributed by atoms with Crippen molar-refractivity contribution in [2.45, 2.75) is 25.4 Å². The highest BCUT2D eigenvalue weighted by molar-refractivity contribution is 9.10. The number of carbonyl (C=O) groups excluding carboxylic acids is 1. The van der Waals surface area contributed by atoms with Crippen LogP contribution in [0.15, 0.2) is 41.0 Å². The number of esters is 1. The summed E-state index contributed by atoms with van der Waals surface area (Å²) in [7, 11) is 0. The number of aromatic nitrogens is 1. The fraction of sp³-hybridized carbons (Fsp3) is 0.333. The predicted octanol–water partition coefficient (Wildman–Crippen LogP) is 4.50. The summed E-state index contributed by atoms with van der Waals surface area (Å²) in [4.78, 5) is 16.5. The highest BCUT2D eigenvalue weighted by atomic mass is 79.9. The number of rotatable bonds is 5. The second kappa shape index (κ2) is 8.40. The third-order valence-electron chi connectivity index (χ3n) is 3.77. The monoisotopic (exact) mass is 409 g/mol. The van der Waals surface area contributed by atoms with E-state index >= 15 is 0 Å². The average molecular weight is 410 g/mol. The van der Waals surface area contributed by atoms with E-state index in [2.05, 4.69) is 20.9 Å². The summed E-state index contributed by atoms with van der Waals surface area (Å²) in [6.07, 6.45) is 4.43. The van der Waals surface area contributed by atoms with Gasteiger partial charge in [-0.25, -0.2) is 14.2 Å². The summed E-state index contributed by atoms with van der Waals surface area (Å²) in [5.41, 5.74) is 0.203. The zero-order chi connectivity index (χ0) is 17.6. The summed E-state index contributed by atoms with van der Waals surface area (Å²) in [5.74, 6) is -0.475. The standard InChI is InChI=1S/C18H17BrFNO4/c19-15-10-12(20)6-7-16(15)25-17-14(5-3-8-21-17)18(22)24-11-13-4-1-2-9-23-13/h3,5-8,10,13H,1-2,4,9,11H2/t13-/m0/s1. The number of nitrogens with zero attached hydrogens (tertiary/aromatic N) is 1. The van der Waals surface area contributed by atoms with Crippen LogP contribution in [-0.4, -0.2) is 30.3 Å². The van der Waals surface area contributed by atoms with Crippen LogP contribution in [0.25, 0.3) is 0 Å². The molecular formula is C18H17BrFNO4. The maximum atomic E-state index is 13.2. The van der Waals surface area contributed by atoms with Crippen molar-refractivity contribution < 1.29 is 23.4 Å². The minimum atomic E-state index is -0.532. The van der Waals surface area contributed by atoms with Crippen LogP contribution < -0.4 is 4.74 Å². The smallest absolute Gasteiger partial charge is 0.343 e. The summed E-state index contributed by atoms with van der Waals surface area (Å²) >= 11 is 3.22.